The largest absolute Gasteiger partial charge is 0.337 e. The SMILES string of the molecule is CCCC[C@H](N)C(=O)N1CCSCC1C. The predicted octanol–water partition coefficient (Wildman–Crippen LogP) is 1.47. The Balaban J connectivity index is 2.43. The first-order chi connectivity index (χ1) is 7.16. The van der Waals surface area contributed by atoms with Crippen molar-refractivity contribution in [1.29, 1.82) is 0 Å². The zero-order valence-corrected chi connectivity index (χ0v) is 10.6. The highest BCUT2D eigenvalue weighted by Crippen LogP contribution is 2.17. The van der Waals surface area contributed by atoms with Crippen molar-refractivity contribution in [2.24, 2.45) is 5.73 Å². The van der Waals surface area contributed by atoms with Crippen molar-refractivity contribution in [3.63, 3.8) is 0 Å². The summed E-state index contributed by atoms with van der Waals surface area (Å²) >= 11 is 1.92. The maximum Gasteiger partial charge on any atom is 0.239 e. The van der Waals surface area contributed by atoms with Crippen LogP contribution in [0.15, 0.2) is 0 Å². The molecule has 4 heteroatoms. The highest BCUT2D eigenvalue weighted by atomic mass is 32.2. The van der Waals surface area contributed by atoms with Gasteiger partial charge in [-0.25, -0.2) is 0 Å². The van der Waals surface area contributed by atoms with Crippen LogP contribution in [0.2, 0.25) is 0 Å². The summed E-state index contributed by atoms with van der Waals surface area (Å²) in [5.41, 5.74) is 5.90. The fourth-order valence-corrected chi connectivity index (χ4v) is 2.83. The van der Waals surface area contributed by atoms with Crippen LogP contribution >= 0.6 is 11.8 Å². The lowest BCUT2D eigenvalue weighted by Gasteiger charge is -2.34. The lowest BCUT2D eigenvalue weighted by molar-refractivity contribution is -0.134. The van der Waals surface area contributed by atoms with Crippen LogP contribution in [0.3, 0.4) is 0 Å². The van der Waals surface area contributed by atoms with Gasteiger partial charge in [0.25, 0.3) is 0 Å². The molecule has 1 saturated heterocycles. The van der Waals surface area contributed by atoms with E-state index in [0.717, 1.165) is 37.3 Å². The normalized spacial score (nSPS) is 23.9. The Morgan fingerprint density at radius 2 is 2.40 bits per heavy atom. The smallest absolute Gasteiger partial charge is 0.239 e. The van der Waals surface area contributed by atoms with Crippen LogP contribution in [0, 0.1) is 0 Å². The van der Waals surface area contributed by atoms with Crippen molar-refractivity contribution in [2.75, 3.05) is 18.1 Å². The second kappa shape index (κ2) is 6.38. The Kier molecular flexibility index (Phi) is 5.47. The maximum absolute atomic E-state index is 12.0. The van der Waals surface area contributed by atoms with E-state index in [4.69, 9.17) is 5.73 Å². The number of carbonyl (C=O) groups excluding carboxylic acids is 1. The van der Waals surface area contributed by atoms with Crippen molar-refractivity contribution in [2.45, 2.75) is 45.2 Å². The van der Waals surface area contributed by atoms with Crippen LogP contribution in [-0.2, 0) is 4.79 Å². The third-order valence-corrected chi connectivity index (χ3v) is 4.03. The van der Waals surface area contributed by atoms with Crippen molar-refractivity contribution in [1.82, 2.24) is 4.90 Å². The third-order valence-electron chi connectivity index (χ3n) is 2.84. The number of hydrogen-bond acceptors (Lipinski definition) is 3. The lowest BCUT2D eigenvalue weighted by atomic mass is 10.1. The molecule has 15 heavy (non-hydrogen) atoms. The summed E-state index contributed by atoms with van der Waals surface area (Å²) < 4.78 is 0. The highest BCUT2D eigenvalue weighted by Gasteiger charge is 2.26. The lowest BCUT2D eigenvalue weighted by Crippen LogP contribution is -2.51. The quantitative estimate of drug-likeness (QED) is 0.795. The maximum atomic E-state index is 12.0. The van der Waals surface area contributed by atoms with Crippen LogP contribution in [0.25, 0.3) is 0 Å². The molecular formula is C11H22N2OS. The summed E-state index contributed by atoms with van der Waals surface area (Å²) in [7, 11) is 0. The molecule has 0 aromatic heterocycles. The van der Waals surface area contributed by atoms with Gasteiger partial charge in [-0.2, -0.15) is 11.8 Å². The summed E-state index contributed by atoms with van der Waals surface area (Å²) in [5, 5.41) is 0. The van der Waals surface area contributed by atoms with Gasteiger partial charge in [0.1, 0.15) is 0 Å². The molecule has 0 aromatic carbocycles. The van der Waals surface area contributed by atoms with Gasteiger partial charge in [-0.3, -0.25) is 4.79 Å². The molecular weight excluding hydrogens is 208 g/mol. The van der Waals surface area contributed by atoms with Crippen molar-refractivity contribution in [3.05, 3.63) is 0 Å². The number of nitrogens with two attached hydrogens (primary N) is 1. The van der Waals surface area contributed by atoms with Crippen LogP contribution in [0.1, 0.15) is 33.1 Å². The first-order valence-electron chi connectivity index (χ1n) is 5.80. The van der Waals surface area contributed by atoms with Crippen LogP contribution in [0.4, 0.5) is 0 Å². The average Bonchev–Trinajstić information content (AvgIpc) is 2.25. The van der Waals surface area contributed by atoms with Crippen LogP contribution in [0.5, 0.6) is 0 Å². The molecule has 2 N–H and O–H groups in total. The van der Waals surface area contributed by atoms with Gasteiger partial charge in [0, 0.05) is 24.1 Å². The van der Waals surface area contributed by atoms with Gasteiger partial charge in [0.05, 0.1) is 6.04 Å². The zero-order chi connectivity index (χ0) is 11.3. The van der Waals surface area contributed by atoms with E-state index in [1.54, 1.807) is 0 Å². The van der Waals surface area contributed by atoms with E-state index >= 15 is 0 Å². The van der Waals surface area contributed by atoms with Gasteiger partial charge in [0.2, 0.25) is 5.91 Å². The molecule has 1 fully saturated rings. The zero-order valence-electron chi connectivity index (χ0n) is 9.74. The Labute approximate surface area is 96.8 Å². The Hall–Kier alpha value is -0.220. The number of amides is 1. The Bertz CT molecular complexity index is 211. The van der Waals surface area contributed by atoms with Gasteiger partial charge in [-0.05, 0) is 13.3 Å². The molecule has 88 valence electrons. The fourth-order valence-electron chi connectivity index (χ4n) is 1.82. The Morgan fingerprint density at radius 3 is 3.00 bits per heavy atom. The number of carbonyl (C=O) groups is 1. The number of hydrogen-bond donors (Lipinski definition) is 1. The molecule has 1 amide bonds. The molecule has 0 bridgehead atoms. The molecule has 3 nitrogen and oxygen atoms in total. The Morgan fingerprint density at radius 1 is 1.67 bits per heavy atom. The van der Waals surface area contributed by atoms with Crippen molar-refractivity contribution in [3.8, 4) is 0 Å². The van der Waals surface area contributed by atoms with Gasteiger partial charge in [0.15, 0.2) is 0 Å². The number of unbranched alkanes of at least 4 members (excludes halogenated alkanes) is 1. The molecule has 1 heterocycles. The van der Waals surface area contributed by atoms with Crippen molar-refractivity contribution >= 4 is 17.7 Å². The standard InChI is InChI=1S/C11H22N2OS/c1-3-4-5-10(12)11(14)13-6-7-15-8-9(13)2/h9-10H,3-8,12H2,1-2H3/t9?,10-/m0/s1. The van der Waals surface area contributed by atoms with Crippen LogP contribution < -0.4 is 5.73 Å². The highest BCUT2D eigenvalue weighted by molar-refractivity contribution is 7.99. The number of rotatable bonds is 4. The molecule has 0 aliphatic carbocycles. The molecule has 0 radical (unpaired) electrons. The van der Waals surface area contributed by atoms with E-state index in [9.17, 15) is 4.79 Å². The number of nitrogens with zero attached hydrogens (tertiary/aromatic N) is 1. The fraction of sp³-hybridized carbons (Fsp3) is 0.909. The average molecular weight is 230 g/mol. The first-order valence-corrected chi connectivity index (χ1v) is 6.96. The summed E-state index contributed by atoms with van der Waals surface area (Å²) in [5.74, 6) is 2.25. The third kappa shape index (κ3) is 3.68. The number of thioether (sulfide) groups is 1. The minimum absolute atomic E-state index is 0.149. The summed E-state index contributed by atoms with van der Waals surface area (Å²) in [4.78, 5) is 14.0. The van der Waals surface area contributed by atoms with E-state index < -0.39 is 0 Å². The minimum Gasteiger partial charge on any atom is -0.337 e. The second-order valence-corrected chi connectivity index (χ2v) is 5.35. The monoisotopic (exact) mass is 230 g/mol. The van der Waals surface area contributed by atoms with Crippen molar-refractivity contribution < 1.29 is 4.79 Å². The minimum atomic E-state index is -0.282. The van der Waals surface area contributed by atoms with E-state index in [2.05, 4.69) is 13.8 Å². The molecule has 0 aromatic rings. The topological polar surface area (TPSA) is 46.3 Å². The molecule has 0 spiro atoms. The second-order valence-electron chi connectivity index (χ2n) is 4.20. The van der Waals surface area contributed by atoms with E-state index in [0.29, 0.717) is 6.04 Å². The first kappa shape index (κ1) is 12.8. The van der Waals surface area contributed by atoms with Gasteiger partial charge in [-0.15, -0.1) is 0 Å². The van der Waals surface area contributed by atoms with Gasteiger partial charge < -0.3 is 10.6 Å². The van der Waals surface area contributed by atoms with Gasteiger partial charge >= 0.3 is 0 Å². The summed E-state index contributed by atoms with van der Waals surface area (Å²) in [6.07, 6.45) is 2.97. The molecule has 1 aliphatic heterocycles. The summed E-state index contributed by atoms with van der Waals surface area (Å²) in [6.45, 7) is 5.10. The van der Waals surface area contributed by atoms with E-state index in [1.165, 1.54) is 0 Å². The molecule has 1 unspecified atom stereocenters. The summed E-state index contributed by atoms with van der Waals surface area (Å²) in [6, 6.07) is 0.0689. The molecule has 1 aliphatic rings. The van der Waals surface area contributed by atoms with Gasteiger partial charge in [-0.1, -0.05) is 19.8 Å². The van der Waals surface area contributed by atoms with E-state index in [-0.39, 0.29) is 11.9 Å². The molecule has 0 saturated carbocycles. The molecule has 1 rings (SSSR count). The predicted molar refractivity (Wildman–Crippen MR) is 66.0 cm³/mol. The molecule has 2 atom stereocenters. The van der Waals surface area contributed by atoms with Crippen LogP contribution in [-0.4, -0.2) is 40.9 Å². The van der Waals surface area contributed by atoms with E-state index in [1.807, 2.05) is 16.7 Å².